The summed E-state index contributed by atoms with van der Waals surface area (Å²) in [4.78, 5) is 12.2. The Balaban J connectivity index is 2.07. The highest BCUT2D eigenvalue weighted by molar-refractivity contribution is 6.32. The molecule has 0 fully saturated rings. The molecule has 0 unspecified atom stereocenters. The Hall–Kier alpha value is -1.97. The van der Waals surface area contributed by atoms with Crippen LogP contribution in [0.2, 0.25) is 10.0 Å². The predicted molar refractivity (Wildman–Crippen MR) is 93.5 cm³/mol. The van der Waals surface area contributed by atoms with E-state index in [0.717, 1.165) is 16.5 Å². The van der Waals surface area contributed by atoms with Crippen LogP contribution in [0.4, 0.5) is 0 Å². The van der Waals surface area contributed by atoms with Crippen molar-refractivity contribution in [1.29, 1.82) is 0 Å². The van der Waals surface area contributed by atoms with Gasteiger partial charge in [-0.2, -0.15) is 0 Å². The Kier molecular flexibility index (Phi) is 4.60. The van der Waals surface area contributed by atoms with Crippen molar-refractivity contribution in [1.82, 2.24) is 4.57 Å². The van der Waals surface area contributed by atoms with Crippen molar-refractivity contribution in [2.24, 2.45) is 0 Å². The van der Waals surface area contributed by atoms with Crippen LogP contribution < -0.4 is 0 Å². The fourth-order valence-corrected chi connectivity index (χ4v) is 2.95. The largest absolute Gasteiger partial charge is 0.462 e. The van der Waals surface area contributed by atoms with Crippen LogP contribution in [0.1, 0.15) is 22.8 Å². The van der Waals surface area contributed by atoms with Gasteiger partial charge in [0.1, 0.15) is 0 Å². The number of fused-ring (bicyclic) bond motifs is 1. The maximum Gasteiger partial charge on any atom is 0.340 e. The van der Waals surface area contributed by atoms with Crippen LogP contribution in [0.3, 0.4) is 0 Å². The normalized spacial score (nSPS) is 10.9. The standard InChI is InChI=1S/C18H15Cl2NO2/c1-2-23-18(22)16-10-15(20)9-13-7-8-21(17(13)16)11-12-3-5-14(19)6-4-12/h3-10H,2,11H2,1H3. The van der Waals surface area contributed by atoms with E-state index in [1.165, 1.54) is 0 Å². The lowest BCUT2D eigenvalue weighted by atomic mass is 10.1. The molecule has 3 rings (SSSR count). The number of carbonyl (C=O) groups excluding carboxylic acids is 1. The monoisotopic (exact) mass is 347 g/mol. The third kappa shape index (κ3) is 3.36. The lowest BCUT2D eigenvalue weighted by Crippen LogP contribution is -2.08. The maximum atomic E-state index is 12.2. The number of benzene rings is 2. The van der Waals surface area contributed by atoms with E-state index in [1.54, 1.807) is 13.0 Å². The molecule has 0 atom stereocenters. The second-order valence-corrected chi connectivity index (χ2v) is 6.05. The Morgan fingerprint density at radius 3 is 2.52 bits per heavy atom. The van der Waals surface area contributed by atoms with Gasteiger partial charge in [-0.05, 0) is 42.8 Å². The number of esters is 1. The molecule has 0 aliphatic rings. The van der Waals surface area contributed by atoms with Gasteiger partial charge >= 0.3 is 5.97 Å². The van der Waals surface area contributed by atoms with Gasteiger partial charge in [-0.1, -0.05) is 35.3 Å². The first-order valence-electron chi connectivity index (χ1n) is 7.28. The number of carbonyl (C=O) groups is 1. The van der Waals surface area contributed by atoms with Gasteiger partial charge in [0.25, 0.3) is 0 Å². The zero-order valence-corrected chi connectivity index (χ0v) is 14.1. The van der Waals surface area contributed by atoms with E-state index in [4.69, 9.17) is 27.9 Å². The van der Waals surface area contributed by atoms with Crippen molar-refractivity contribution >= 4 is 40.1 Å². The Bertz CT molecular complexity index is 853. The van der Waals surface area contributed by atoms with Crippen molar-refractivity contribution in [2.75, 3.05) is 6.61 Å². The molecule has 0 amide bonds. The van der Waals surface area contributed by atoms with Gasteiger partial charge in [-0.15, -0.1) is 0 Å². The SMILES string of the molecule is CCOC(=O)c1cc(Cl)cc2ccn(Cc3ccc(Cl)cc3)c12. The second kappa shape index (κ2) is 6.65. The van der Waals surface area contributed by atoms with Crippen LogP contribution in [-0.2, 0) is 11.3 Å². The third-order valence-electron chi connectivity index (χ3n) is 3.59. The summed E-state index contributed by atoms with van der Waals surface area (Å²) in [6, 6.07) is 13.1. The van der Waals surface area contributed by atoms with Crippen molar-refractivity contribution < 1.29 is 9.53 Å². The zero-order valence-electron chi connectivity index (χ0n) is 12.6. The zero-order chi connectivity index (χ0) is 16.4. The highest BCUT2D eigenvalue weighted by Gasteiger charge is 2.16. The molecule has 1 heterocycles. The molecule has 0 radical (unpaired) electrons. The average molecular weight is 348 g/mol. The highest BCUT2D eigenvalue weighted by atomic mass is 35.5. The minimum atomic E-state index is -0.365. The van der Waals surface area contributed by atoms with E-state index < -0.39 is 0 Å². The van der Waals surface area contributed by atoms with Gasteiger partial charge in [-0.3, -0.25) is 0 Å². The molecule has 0 bridgehead atoms. The highest BCUT2D eigenvalue weighted by Crippen LogP contribution is 2.27. The molecule has 3 nitrogen and oxygen atoms in total. The fourth-order valence-electron chi connectivity index (χ4n) is 2.60. The molecular weight excluding hydrogens is 333 g/mol. The number of halogens is 2. The van der Waals surface area contributed by atoms with Crippen LogP contribution in [0.15, 0.2) is 48.7 Å². The average Bonchev–Trinajstić information content (AvgIpc) is 2.91. The van der Waals surface area contributed by atoms with E-state index in [0.29, 0.717) is 28.8 Å². The summed E-state index contributed by atoms with van der Waals surface area (Å²) in [5.41, 5.74) is 2.40. The molecule has 0 aliphatic heterocycles. The molecule has 0 spiro atoms. The van der Waals surface area contributed by atoms with Gasteiger partial charge in [0, 0.05) is 28.2 Å². The molecule has 0 saturated heterocycles. The molecule has 118 valence electrons. The Morgan fingerprint density at radius 1 is 1.09 bits per heavy atom. The minimum absolute atomic E-state index is 0.324. The smallest absolute Gasteiger partial charge is 0.340 e. The quantitative estimate of drug-likeness (QED) is 0.609. The van der Waals surface area contributed by atoms with Crippen LogP contribution >= 0.6 is 23.2 Å². The Morgan fingerprint density at radius 2 is 1.83 bits per heavy atom. The number of ether oxygens (including phenoxy) is 1. The van der Waals surface area contributed by atoms with E-state index in [1.807, 2.05) is 47.2 Å². The van der Waals surface area contributed by atoms with E-state index in [9.17, 15) is 4.79 Å². The van der Waals surface area contributed by atoms with Gasteiger partial charge < -0.3 is 9.30 Å². The topological polar surface area (TPSA) is 31.2 Å². The van der Waals surface area contributed by atoms with Crippen molar-refractivity contribution in [3.8, 4) is 0 Å². The minimum Gasteiger partial charge on any atom is -0.462 e. The molecule has 2 aromatic carbocycles. The number of rotatable bonds is 4. The van der Waals surface area contributed by atoms with Gasteiger partial charge in [0.05, 0.1) is 17.7 Å². The lowest BCUT2D eigenvalue weighted by molar-refractivity contribution is 0.0528. The summed E-state index contributed by atoms with van der Waals surface area (Å²) in [7, 11) is 0. The van der Waals surface area contributed by atoms with Crippen LogP contribution in [0.25, 0.3) is 10.9 Å². The Labute approximate surface area is 144 Å². The maximum absolute atomic E-state index is 12.2. The van der Waals surface area contributed by atoms with Crippen LogP contribution in [0.5, 0.6) is 0 Å². The summed E-state index contributed by atoms with van der Waals surface area (Å²) < 4.78 is 7.17. The van der Waals surface area contributed by atoms with E-state index in [2.05, 4.69) is 0 Å². The van der Waals surface area contributed by atoms with Gasteiger partial charge in [0.15, 0.2) is 0 Å². The molecule has 3 aromatic rings. The lowest BCUT2D eigenvalue weighted by Gasteiger charge is -2.10. The molecule has 1 aromatic heterocycles. The fraction of sp³-hybridized carbons (Fsp3) is 0.167. The summed E-state index contributed by atoms with van der Waals surface area (Å²) >= 11 is 12.0. The number of hydrogen-bond donors (Lipinski definition) is 0. The van der Waals surface area contributed by atoms with Crippen molar-refractivity contribution in [3.05, 3.63) is 69.8 Å². The third-order valence-corrected chi connectivity index (χ3v) is 4.06. The predicted octanol–water partition coefficient (Wildman–Crippen LogP) is 5.17. The number of aromatic nitrogens is 1. The summed E-state index contributed by atoms with van der Waals surface area (Å²) in [6.07, 6.45) is 1.94. The molecular formula is C18H15Cl2NO2. The summed E-state index contributed by atoms with van der Waals surface area (Å²) in [5, 5.41) is 2.13. The van der Waals surface area contributed by atoms with Crippen molar-refractivity contribution in [2.45, 2.75) is 13.5 Å². The molecule has 0 saturated carbocycles. The summed E-state index contributed by atoms with van der Waals surface area (Å²) in [6.45, 7) is 2.74. The first-order chi connectivity index (χ1) is 11.1. The molecule has 5 heteroatoms. The van der Waals surface area contributed by atoms with Crippen LogP contribution in [-0.4, -0.2) is 17.1 Å². The second-order valence-electron chi connectivity index (χ2n) is 5.18. The van der Waals surface area contributed by atoms with Gasteiger partial charge in [-0.25, -0.2) is 4.79 Å². The van der Waals surface area contributed by atoms with E-state index >= 15 is 0 Å². The molecule has 0 N–H and O–H groups in total. The first-order valence-corrected chi connectivity index (χ1v) is 8.04. The number of hydrogen-bond acceptors (Lipinski definition) is 2. The van der Waals surface area contributed by atoms with Gasteiger partial charge in [0.2, 0.25) is 0 Å². The first kappa shape index (κ1) is 15.9. The van der Waals surface area contributed by atoms with Crippen LogP contribution in [0, 0.1) is 0 Å². The van der Waals surface area contributed by atoms with Crippen molar-refractivity contribution in [3.63, 3.8) is 0 Å². The summed E-state index contributed by atoms with van der Waals surface area (Å²) in [5.74, 6) is -0.365. The number of nitrogens with zero attached hydrogens (tertiary/aromatic N) is 1. The molecule has 0 aliphatic carbocycles. The van der Waals surface area contributed by atoms with E-state index in [-0.39, 0.29) is 5.97 Å². The molecule has 23 heavy (non-hydrogen) atoms.